The number of likely N-dealkylation sites (tertiary alicyclic amines) is 1. The first-order valence-corrected chi connectivity index (χ1v) is 9.76. The summed E-state index contributed by atoms with van der Waals surface area (Å²) in [5.41, 5.74) is 0.751. The Morgan fingerprint density at radius 2 is 2.14 bits per heavy atom. The number of aromatic nitrogens is 2. The summed E-state index contributed by atoms with van der Waals surface area (Å²) in [5.74, 6) is 1.29. The summed E-state index contributed by atoms with van der Waals surface area (Å²) in [6.45, 7) is 2.00. The third-order valence-electron chi connectivity index (χ3n) is 5.36. The van der Waals surface area contributed by atoms with Gasteiger partial charge in [-0.25, -0.2) is 9.37 Å². The molecule has 1 atom stereocenters. The van der Waals surface area contributed by atoms with Crippen LogP contribution < -0.4 is 0 Å². The van der Waals surface area contributed by atoms with Gasteiger partial charge in [-0.15, -0.1) is 0 Å². The van der Waals surface area contributed by atoms with Crippen molar-refractivity contribution in [1.82, 2.24) is 14.5 Å². The Morgan fingerprint density at radius 3 is 2.96 bits per heavy atom. The molecule has 1 aliphatic rings. The Bertz CT molecular complexity index is 920. The smallest absolute Gasteiger partial charge is 0.289 e. The third kappa shape index (κ3) is 4.32. The number of amides is 1. The zero-order valence-corrected chi connectivity index (χ0v) is 15.8. The summed E-state index contributed by atoms with van der Waals surface area (Å²) in [6.07, 6.45) is 8.91. The molecule has 0 aliphatic carbocycles. The van der Waals surface area contributed by atoms with Gasteiger partial charge < -0.3 is 13.9 Å². The molecule has 1 unspecified atom stereocenters. The summed E-state index contributed by atoms with van der Waals surface area (Å²) in [6, 6.07) is 10.5. The molecule has 28 heavy (non-hydrogen) atoms. The van der Waals surface area contributed by atoms with Crippen LogP contribution in [-0.2, 0) is 13.0 Å². The van der Waals surface area contributed by atoms with Gasteiger partial charge in [0.15, 0.2) is 5.76 Å². The van der Waals surface area contributed by atoms with Gasteiger partial charge in [-0.1, -0.05) is 18.2 Å². The van der Waals surface area contributed by atoms with Crippen molar-refractivity contribution in [2.45, 2.75) is 32.2 Å². The number of halogens is 1. The molecule has 5 nitrogen and oxygen atoms in total. The molecule has 3 heterocycles. The number of rotatable bonds is 6. The zero-order valence-electron chi connectivity index (χ0n) is 15.8. The van der Waals surface area contributed by atoms with Crippen LogP contribution in [0.4, 0.5) is 4.39 Å². The van der Waals surface area contributed by atoms with Crippen molar-refractivity contribution in [3.05, 3.63) is 78.0 Å². The van der Waals surface area contributed by atoms with Crippen LogP contribution in [0.1, 0.15) is 41.1 Å². The Labute approximate surface area is 163 Å². The number of hydrogen-bond donors (Lipinski definition) is 0. The number of nitrogens with zero attached hydrogens (tertiary/aromatic N) is 3. The fraction of sp³-hybridized carbons (Fsp3) is 0.364. The van der Waals surface area contributed by atoms with Gasteiger partial charge in [-0.05, 0) is 55.4 Å². The lowest BCUT2D eigenvalue weighted by molar-refractivity contribution is 0.0634. The van der Waals surface area contributed by atoms with E-state index in [1.165, 1.54) is 6.07 Å². The SMILES string of the molecule is O=C(c1ccc(Cn2ccnc2)o1)N1CCCC(CCc2ccccc2F)C1. The van der Waals surface area contributed by atoms with Crippen LogP contribution in [-0.4, -0.2) is 33.4 Å². The largest absolute Gasteiger partial charge is 0.454 e. The number of benzene rings is 1. The highest BCUT2D eigenvalue weighted by Crippen LogP contribution is 2.24. The van der Waals surface area contributed by atoms with Gasteiger partial charge in [0.25, 0.3) is 5.91 Å². The maximum absolute atomic E-state index is 13.8. The maximum atomic E-state index is 13.8. The normalized spacial score (nSPS) is 17.0. The number of aryl methyl sites for hydroxylation is 1. The summed E-state index contributed by atoms with van der Waals surface area (Å²) >= 11 is 0. The van der Waals surface area contributed by atoms with E-state index < -0.39 is 0 Å². The van der Waals surface area contributed by atoms with Crippen molar-refractivity contribution < 1.29 is 13.6 Å². The molecule has 1 saturated heterocycles. The number of imidazole rings is 1. The topological polar surface area (TPSA) is 51.3 Å². The van der Waals surface area contributed by atoms with Crippen molar-refractivity contribution in [3.63, 3.8) is 0 Å². The molecular formula is C22H24FN3O2. The van der Waals surface area contributed by atoms with Crippen LogP contribution in [0.3, 0.4) is 0 Å². The number of furan rings is 1. The van der Waals surface area contributed by atoms with Crippen LogP contribution in [0, 0.1) is 11.7 Å². The maximum Gasteiger partial charge on any atom is 0.289 e. The van der Waals surface area contributed by atoms with E-state index in [0.29, 0.717) is 31.2 Å². The van der Waals surface area contributed by atoms with Crippen LogP contribution in [0.25, 0.3) is 0 Å². The summed E-state index contributed by atoms with van der Waals surface area (Å²) < 4.78 is 21.5. The molecule has 1 aliphatic heterocycles. The van der Waals surface area contributed by atoms with E-state index in [1.807, 2.05) is 33.9 Å². The van der Waals surface area contributed by atoms with Crippen molar-refractivity contribution in [2.24, 2.45) is 5.92 Å². The Balaban J connectivity index is 1.34. The first-order valence-electron chi connectivity index (χ1n) is 9.76. The van der Waals surface area contributed by atoms with Crippen molar-refractivity contribution in [1.29, 1.82) is 0 Å². The summed E-state index contributed by atoms with van der Waals surface area (Å²) in [4.78, 5) is 18.7. The van der Waals surface area contributed by atoms with E-state index in [-0.39, 0.29) is 11.7 Å². The molecular weight excluding hydrogens is 357 g/mol. The van der Waals surface area contributed by atoms with E-state index in [2.05, 4.69) is 4.98 Å². The average molecular weight is 381 g/mol. The first-order chi connectivity index (χ1) is 13.7. The monoisotopic (exact) mass is 381 g/mol. The summed E-state index contributed by atoms with van der Waals surface area (Å²) in [5, 5.41) is 0. The van der Waals surface area contributed by atoms with Crippen LogP contribution >= 0.6 is 0 Å². The van der Waals surface area contributed by atoms with Crippen LogP contribution in [0.15, 0.2) is 59.5 Å². The Hall–Kier alpha value is -2.89. The molecule has 0 radical (unpaired) electrons. The average Bonchev–Trinajstić information content (AvgIpc) is 3.40. The van der Waals surface area contributed by atoms with E-state index in [0.717, 1.165) is 37.1 Å². The van der Waals surface area contributed by atoms with E-state index in [4.69, 9.17) is 4.42 Å². The van der Waals surface area contributed by atoms with Crippen LogP contribution in [0.5, 0.6) is 0 Å². The highest BCUT2D eigenvalue weighted by molar-refractivity contribution is 5.91. The fourth-order valence-electron chi connectivity index (χ4n) is 3.84. The van der Waals surface area contributed by atoms with E-state index in [9.17, 15) is 9.18 Å². The number of carbonyl (C=O) groups excluding carboxylic acids is 1. The minimum Gasteiger partial charge on any atom is -0.454 e. The molecule has 2 aromatic heterocycles. The van der Waals surface area contributed by atoms with Crippen molar-refractivity contribution >= 4 is 5.91 Å². The van der Waals surface area contributed by atoms with Gasteiger partial charge >= 0.3 is 0 Å². The lowest BCUT2D eigenvalue weighted by Gasteiger charge is -2.32. The van der Waals surface area contributed by atoms with Gasteiger partial charge in [-0.2, -0.15) is 0 Å². The van der Waals surface area contributed by atoms with Gasteiger partial charge in [-0.3, -0.25) is 4.79 Å². The first kappa shape index (κ1) is 18.5. The lowest BCUT2D eigenvalue weighted by Crippen LogP contribution is -2.39. The molecule has 3 aromatic rings. The molecule has 146 valence electrons. The predicted octanol–water partition coefficient (Wildman–Crippen LogP) is 4.15. The second-order valence-corrected chi connectivity index (χ2v) is 7.39. The lowest BCUT2D eigenvalue weighted by atomic mass is 9.91. The molecule has 6 heteroatoms. The van der Waals surface area contributed by atoms with Crippen molar-refractivity contribution in [3.8, 4) is 0 Å². The molecule has 0 spiro atoms. The molecule has 0 saturated carbocycles. The summed E-state index contributed by atoms with van der Waals surface area (Å²) in [7, 11) is 0. The number of hydrogen-bond acceptors (Lipinski definition) is 3. The molecule has 4 rings (SSSR count). The third-order valence-corrected chi connectivity index (χ3v) is 5.36. The molecule has 0 N–H and O–H groups in total. The quantitative estimate of drug-likeness (QED) is 0.645. The van der Waals surface area contributed by atoms with E-state index in [1.54, 1.807) is 24.7 Å². The Morgan fingerprint density at radius 1 is 1.25 bits per heavy atom. The molecule has 0 bridgehead atoms. The molecule has 1 aromatic carbocycles. The predicted molar refractivity (Wildman–Crippen MR) is 103 cm³/mol. The van der Waals surface area contributed by atoms with Gasteiger partial charge in [0, 0.05) is 25.5 Å². The number of carbonyl (C=O) groups is 1. The van der Waals surface area contributed by atoms with Gasteiger partial charge in [0.1, 0.15) is 11.6 Å². The minimum atomic E-state index is -0.146. The second-order valence-electron chi connectivity index (χ2n) is 7.39. The number of piperidine rings is 1. The van der Waals surface area contributed by atoms with Gasteiger partial charge in [0.05, 0.1) is 12.9 Å². The van der Waals surface area contributed by atoms with Crippen LogP contribution in [0.2, 0.25) is 0 Å². The highest BCUT2D eigenvalue weighted by Gasteiger charge is 2.26. The molecule has 1 amide bonds. The van der Waals surface area contributed by atoms with Gasteiger partial charge in [0.2, 0.25) is 0 Å². The zero-order chi connectivity index (χ0) is 19.3. The molecule has 1 fully saturated rings. The van der Waals surface area contributed by atoms with E-state index >= 15 is 0 Å². The standard InChI is InChI=1S/C22H24FN3O2/c23-20-6-2-1-5-18(20)8-7-17-4-3-12-26(14-17)22(27)21-10-9-19(28-21)15-25-13-11-24-16-25/h1-2,5-6,9-11,13,16-17H,3-4,7-8,12,14-15H2. The Kier molecular flexibility index (Phi) is 5.55. The second kappa shape index (κ2) is 8.42. The highest BCUT2D eigenvalue weighted by atomic mass is 19.1. The fourth-order valence-corrected chi connectivity index (χ4v) is 3.84. The van der Waals surface area contributed by atoms with Crippen molar-refractivity contribution in [2.75, 3.05) is 13.1 Å². The minimum absolute atomic E-state index is 0.0625.